The molecular weight excluding hydrogens is 389 g/mol. The Morgan fingerprint density at radius 2 is 1.79 bits per heavy atom. The maximum atomic E-state index is 14.8. The van der Waals surface area contributed by atoms with Crippen molar-refractivity contribution in [1.82, 2.24) is 15.0 Å². The lowest BCUT2D eigenvalue weighted by Gasteiger charge is -2.12. The molecule has 0 saturated heterocycles. The van der Waals surface area contributed by atoms with E-state index in [1.807, 2.05) is 6.07 Å². The molecule has 0 bridgehead atoms. The van der Waals surface area contributed by atoms with Crippen LogP contribution >= 0.6 is 0 Å². The molecule has 1 atom stereocenters. The molecule has 0 aliphatic rings. The maximum absolute atomic E-state index is 14.8. The highest BCUT2D eigenvalue weighted by molar-refractivity contribution is 7.86. The van der Waals surface area contributed by atoms with Crippen LogP contribution in [0.3, 0.4) is 0 Å². The van der Waals surface area contributed by atoms with E-state index in [1.54, 1.807) is 54.9 Å². The monoisotopic (exact) mass is 405 g/mol. The Balaban J connectivity index is 1.68. The second-order valence-corrected chi connectivity index (χ2v) is 7.31. The van der Waals surface area contributed by atoms with Crippen LogP contribution in [-0.4, -0.2) is 19.2 Å². The molecule has 2 heterocycles. The third kappa shape index (κ3) is 4.12. The molecule has 0 amide bonds. The summed E-state index contributed by atoms with van der Waals surface area (Å²) < 4.78 is 30.6. The third-order valence-corrected chi connectivity index (χ3v) is 5.36. The Labute approximate surface area is 169 Å². The van der Waals surface area contributed by atoms with Crippen molar-refractivity contribution in [2.45, 2.75) is 4.90 Å². The van der Waals surface area contributed by atoms with Gasteiger partial charge in [-0.1, -0.05) is 24.3 Å². The number of nitrogen functional groups attached to an aromatic ring is 1. The number of benzene rings is 2. The van der Waals surface area contributed by atoms with E-state index >= 15 is 0 Å². The van der Waals surface area contributed by atoms with E-state index in [1.165, 1.54) is 18.5 Å². The van der Waals surface area contributed by atoms with Crippen LogP contribution in [0, 0.1) is 5.82 Å². The van der Waals surface area contributed by atoms with Gasteiger partial charge >= 0.3 is 0 Å². The molecule has 1 unspecified atom stereocenters. The molecule has 0 spiro atoms. The minimum Gasteiger partial charge on any atom is -0.382 e. The van der Waals surface area contributed by atoms with Gasteiger partial charge < -0.3 is 5.73 Å². The number of rotatable bonds is 5. The molecule has 8 heteroatoms. The van der Waals surface area contributed by atoms with Crippen LogP contribution in [0.15, 0.2) is 84.3 Å². The number of anilines is 2. The lowest BCUT2D eigenvalue weighted by atomic mass is 10.0. The molecule has 29 heavy (non-hydrogen) atoms. The first-order valence-corrected chi connectivity index (χ1v) is 9.82. The highest BCUT2D eigenvalue weighted by atomic mass is 32.2. The average molecular weight is 405 g/mol. The predicted octanol–water partition coefficient (Wildman–Crippen LogP) is 4.06. The summed E-state index contributed by atoms with van der Waals surface area (Å²) in [6.07, 6.45) is 6.03. The van der Waals surface area contributed by atoms with Crippen LogP contribution in [0.5, 0.6) is 0 Å². The Morgan fingerprint density at radius 3 is 2.52 bits per heavy atom. The van der Waals surface area contributed by atoms with Crippen LogP contribution in [0.2, 0.25) is 0 Å². The first kappa shape index (κ1) is 18.7. The minimum absolute atomic E-state index is 0.267. The fourth-order valence-electron chi connectivity index (χ4n) is 2.82. The summed E-state index contributed by atoms with van der Waals surface area (Å²) in [6, 6.07) is 15.5. The quantitative estimate of drug-likeness (QED) is 0.522. The van der Waals surface area contributed by atoms with E-state index in [9.17, 15) is 8.60 Å². The number of hydrogen-bond acceptors (Lipinski definition) is 5. The van der Waals surface area contributed by atoms with Crippen LogP contribution in [0.4, 0.5) is 15.9 Å². The summed E-state index contributed by atoms with van der Waals surface area (Å²) in [6.45, 7) is 0. The molecule has 2 aromatic carbocycles. The van der Waals surface area contributed by atoms with Crippen LogP contribution in [-0.2, 0) is 11.0 Å². The zero-order valence-electron chi connectivity index (χ0n) is 15.1. The second kappa shape index (κ2) is 8.15. The zero-order chi connectivity index (χ0) is 20.2. The Kier molecular flexibility index (Phi) is 5.26. The second-order valence-electron chi connectivity index (χ2n) is 6.13. The van der Waals surface area contributed by atoms with Gasteiger partial charge in [0.05, 0.1) is 34.9 Å². The summed E-state index contributed by atoms with van der Waals surface area (Å²) in [7, 11) is -1.55. The molecule has 4 aromatic rings. The van der Waals surface area contributed by atoms with Gasteiger partial charge in [-0.2, -0.15) is 0 Å². The predicted molar refractivity (Wildman–Crippen MR) is 112 cm³/mol. The Hall–Kier alpha value is -3.65. The van der Waals surface area contributed by atoms with Gasteiger partial charge in [0, 0.05) is 11.8 Å². The van der Waals surface area contributed by atoms with Crippen molar-refractivity contribution >= 4 is 22.5 Å². The van der Waals surface area contributed by atoms with Gasteiger partial charge in [0.25, 0.3) is 0 Å². The standard InChI is InChI=1S/C21H16FN5OS/c22-18-10-14(7-8-17(18)19-12-26-21(23)13-25-19)16-5-1-2-6-20(16)29(28)27-15-4-3-9-24-11-15/h1-13,27H,(H2,23,26). The lowest BCUT2D eigenvalue weighted by Crippen LogP contribution is -2.06. The number of halogens is 1. The molecule has 144 valence electrons. The Bertz CT molecular complexity index is 1170. The molecule has 0 aliphatic carbocycles. The molecule has 6 nitrogen and oxygen atoms in total. The van der Waals surface area contributed by atoms with Gasteiger partial charge in [-0.25, -0.2) is 13.6 Å². The van der Waals surface area contributed by atoms with Crippen molar-refractivity contribution in [3.63, 3.8) is 0 Å². The van der Waals surface area contributed by atoms with Crippen molar-refractivity contribution in [2.24, 2.45) is 0 Å². The summed E-state index contributed by atoms with van der Waals surface area (Å²) in [5, 5.41) is 0. The highest BCUT2D eigenvalue weighted by Crippen LogP contribution is 2.30. The number of hydrogen-bond donors (Lipinski definition) is 2. The van der Waals surface area contributed by atoms with Crippen molar-refractivity contribution < 1.29 is 8.60 Å². The smallest absolute Gasteiger partial charge is 0.150 e. The fourth-order valence-corrected chi connectivity index (χ4v) is 3.85. The number of aromatic nitrogens is 3. The summed E-state index contributed by atoms with van der Waals surface area (Å²) in [5.74, 6) is -0.189. The molecule has 0 radical (unpaired) electrons. The number of pyridine rings is 1. The molecule has 3 N–H and O–H groups in total. The summed E-state index contributed by atoms with van der Waals surface area (Å²) in [4.78, 5) is 12.6. The van der Waals surface area contributed by atoms with Gasteiger partial charge in [-0.15, -0.1) is 0 Å². The normalized spacial score (nSPS) is 11.8. The Morgan fingerprint density at radius 1 is 0.931 bits per heavy atom. The van der Waals surface area contributed by atoms with E-state index in [2.05, 4.69) is 19.7 Å². The van der Waals surface area contributed by atoms with Crippen molar-refractivity contribution in [3.8, 4) is 22.4 Å². The van der Waals surface area contributed by atoms with Crippen LogP contribution in [0.25, 0.3) is 22.4 Å². The summed E-state index contributed by atoms with van der Waals surface area (Å²) in [5.41, 5.74) is 8.13. The number of nitrogens with one attached hydrogen (secondary N) is 1. The number of nitrogens with zero attached hydrogens (tertiary/aromatic N) is 3. The van der Waals surface area contributed by atoms with E-state index in [-0.39, 0.29) is 5.82 Å². The van der Waals surface area contributed by atoms with E-state index in [0.29, 0.717) is 33.0 Å². The van der Waals surface area contributed by atoms with Gasteiger partial charge in [-0.05, 0) is 41.5 Å². The van der Waals surface area contributed by atoms with Gasteiger partial charge in [-0.3, -0.25) is 14.7 Å². The average Bonchev–Trinajstić information content (AvgIpc) is 2.75. The molecule has 0 saturated carbocycles. The molecule has 4 rings (SSSR count). The van der Waals surface area contributed by atoms with Crippen LogP contribution < -0.4 is 10.5 Å². The van der Waals surface area contributed by atoms with E-state index < -0.39 is 16.8 Å². The van der Waals surface area contributed by atoms with E-state index in [0.717, 1.165) is 0 Å². The third-order valence-electron chi connectivity index (χ3n) is 4.19. The van der Waals surface area contributed by atoms with Gasteiger partial charge in [0.1, 0.15) is 11.6 Å². The first-order valence-electron chi connectivity index (χ1n) is 8.67. The zero-order valence-corrected chi connectivity index (χ0v) is 15.9. The highest BCUT2D eigenvalue weighted by Gasteiger charge is 2.14. The minimum atomic E-state index is -1.55. The molecule has 0 aliphatic heterocycles. The van der Waals surface area contributed by atoms with Gasteiger partial charge in [0.15, 0.2) is 11.0 Å². The first-order chi connectivity index (χ1) is 14.1. The van der Waals surface area contributed by atoms with Crippen LogP contribution in [0.1, 0.15) is 0 Å². The number of nitrogens with two attached hydrogens (primary N) is 1. The van der Waals surface area contributed by atoms with E-state index in [4.69, 9.17) is 5.73 Å². The maximum Gasteiger partial charge on any atom is 0.150 e. The van der Waals surface area contributed by atoms with Crippen molar-refractivity contribution in [2.75, 3.05) is 10.5 Å². The molecule has 2 aromatic heterocycles. The van der Waals surface area contributed by atoms with Crippen molar-refractivity contribution in [3.05, 3.63) is 85.2 Å². The lowest BCUT2D eigenvalue weighted by molar-refractivity contribution is 0.631. The fraction of sp³-hybridized carbons (Fsp3) is 0. The molecule has 0 fully saturated rings. The summed E-state index contributed by atoms with van der Waals surface area (Å²) >= 11 is 0. The van der Waals surface area contributed by atoms with Crippen molar-refractivity contribution in [1.29, 1.82) is 0 Å². The van der Waals surface area contributed by atoms with Gasteiger partial charge in [0.2, 0.25) is 0 Å². The largest absolute Gasteiger partial charge is 0.382 e. The SMILES string of the molecule is Nc1cnc(-c2ccc(-c3ccccc3S(=O)Nc3cccnc3)cc2F)cn1. The molecular formula is C21H16FN5OS. The topological polar surface area (TPSA) is 93.8 Å².